The summed E-state index contributed by atoms with van der Waals surface area (Å²) in [6.07, 6.45) is 3.17. The van der Waals surface area contributed by atoms with Gasteiger partial charge in [-0.05, 0) is 30.3 Å². The van der Waals surface area contributed by atoms with Crippen molar-refractivity contribution in [2.24, 2.45) is 0 Å². The van der Waals surface area contributed by atoms with E-state index < -0.39 is 10.0 Å². The lowest BCUT2D eigenvalue weighted by Crippen LogP contribution is -2.28. The molecule has 0 spiro atoms. The minimum atomic E-state index is -3.32. The van der Waals surface area contributed by atoms with E-state index in [-0.39, 0.29) is 11.8 Å². The summed E-state index contributed by atoms with van der Waals surface area (Å²) in [7, 11) is -1.94. The predicted octanol–water partition coefficient (Wildman–Crippen LogP) is 1.45. The monoisotopic (exact) mass is 334 g/mol. The molecule has 0 radical (unpaired) electrons. The van der Waals surface area contributed by atoms with Crippen LogP contribution in [0.3, 0.4) is 0 Å². The Hall–Kier alpha value is -2.45. The molecule has 0 atom stereocenters. The first-order valence-corrected chi connectivity index (χ1v) is 8.57. The highest BCUT2D eigenvalue weighted by atomic mass is 32.2. The number of sulfonamides is 1. The van der Waals surface area contributed by atoms with Crippen LogP contribution in [0.15, 0.2) is 48.8 Å². The lowest BCUT2D eigenvalue weighted by molar-refractivity contribution is 0.251. The molecule has 1 heterocycles. The molecule has 1 aromatic heterocycles. The number of hydrogen-bond donors (Lipinski definition) is 3. The fraction of sp³-hybridized carbons (Fsp3) is 0.200. The molecule has 0 saturated carbocycles. The first kappa shape index (κ1) is 16.9. The van der Waals surface area contributed by atoms with E-state index in [0.29, 0.717) is 17.8 Å². The Morgan fingerprint density at radius 2 is 1.83 bits per heavy atom. The molecule has 8 heteroatoms. The second kappa shape index (κ2) is 7.70. The van der Waals surface area contributed by atoms with E-state index in [2.05, 4.69) is 20.3 Å². The predicted molar refractivity (Wildman–Crippen MR) is 88.2 cm³/mol. The number of carbonyl (C=O) groups is 1. The Bertz CT molecular complexity index is 763. The summed E-state index contributed by atoms with van der Waals surface area (Å²) in [5.74, 6) is -0.0967. The molecule has 122 valence electrons. The Kier molecular flexibility index (Phi) is 5.67. The molecule has 1 aromatic carbocycles. The Balaban J connectivity index is 1.92. The second-order valence-electron chi connectivity index (χ2n) is 4.83. The zero-order chi connectivity index (χ0) is 16.7. The largest absolute Gasteiger partial charge is 0.334 e. The van der Waals surface area contributed by atoms with Gasteiger partial charge in [0.2, 0.25) is 10.0 Å². The van der Waals surface area contributed by atoms with E-state index in [1.54, 1.807) is 42.7 Å². The van der Waals surface area contributed by atoms with Gasteiger partial charge in [-0.25, -0.2) is 17.9 Å². The molecule has 23 heavy (non-hydrogen) atoms. The van der Waals surface area contributed by atoms with Crippen LogP contribution in [0.25, 0.3) is 0 Å². The van der Waals surface area contributed by atoms with Crippen molar-refractivity contribution in [1.29, 1.82) is 0 Å². The Labute approximate surface area is 135 Å². The summed E-state index contributed by atoms with van der Waals surface area (Å²) in [5, 5.41) is 5.39. The number of nitrogens with zero attached hydrogens (tertiary/aromatic N) is 1. The number of pyridine rings is 1. The van der Waals surface area contributed by atoms with Gasteiger partial charge in [-0.1, -0.05) is 24.3 Å². The van der Waals surface area contributed by atoms with Gasteiger partial charge in [-0.3, -0.25) is 4.98 Å². The number of benzene rings is 1. The highest BCUT2D eigenvalue weighted by molar-refractivity contribution is 7.88. The minimum absolute atomic E-state index is 0.0967. The van der Waals surface area contributed by atoms with E-state index >= 15 is 0 Å². The summed E-state index contributed by atoms with van der Waals surface area (Å²) < 4.78 is 25.4. The Morgan fingerprint density at radius 3 is 2.52 bits per heavy atom. The highest BCUT2D eigenvalue weighted by Crippen LogP contribution is 2.09. The molecule has 7 nitrogen and oxygen atoms in total. The minimum Gasteiger partial charge on any atom is -0.334 e. The van der Waals surface area contributed by atoms with Crippen LogP contribution in [0.1, 0.15) is 11.1 Å². The number of urea groups is 1. The number of carbonyl (C=O) groups excluding carboxylic acids is 1. The van der Waals surface area contributed by atoms with Gasteiger partial charge in [-0.15, -0.1) is 0 Å². The number of aromatic nitrogens is 1. The van der Waals surface area contributed by atoms with Crippen LogP contribution in [0.5, 0.6) is 0 Å². The summed E-state index contributed by atoms with van der Waals surface area (Å²) in [6.45, 7) is 0.296. The zero-order valence-corrected chi connectivity index (χ0v) is 13.4. The van der Waals surface area contributed by atoms with Gasteiger partial charge in [0.25, 0.3) is 0 Å². The zero-order valence-electron chi connectivity index (χ0n) is 12.6. The van der Waals surface area contributed by atoms with Gasteiger partial charge >= 0.3 is 6.03 Å². The quantitative estimate of drug-likeness (QED) is 0.744. The molecule has 3 N–H and O–H groups in total. The van der Waals surface area contributed by atoms with Crippen molar-refractivity contribution >= 4 is 21.7 Å². The van der Waals surface area contributed by atoms with Gasteiger partial charge in [0.1, 0.15) is 0 Å². The third-order valence-corrected chi connectivity index (χ3v) is 4.39. The van der Waals surface area contributed by atoms with Gasteiger partial charge in [0.05, 0.1) is 5.75 Å². The molecular formula is C15H18N4O3S. The molecule has 0 saturated heterocycles. The summed E-state index contributed by atoms with van der Waals surface area (Å²) >= 11 is 0. The molecular weight excluding hydrogens is 316 g/mol. The smallest absolute Gasteiger partial charge is 0.319 e. The third kappa shape index (κ3) is 5.68. The number of rotatable bonds is 6. The molecule has 0 aliphatic rings. The van der Waals surface area contributed by atoms with Crippen molar-refractivity contribution in [3.8, 4) is 0 Å². The normalized spacial score (nSPS) is 11.0. The van der Waals surface area contributed by atoms with Gasteiger partial charge < -0.3 is 10.6 Å². The molecule has 2 aromatic rings. The summed E-state index contributed by atoms with van der Waals surface area (Å²) in [6, 6.07) is 10.1. The van der Waals surface area contributed by atoms with E-state index in [1.807, 2.05) is 6.07 Å². The molecule has 0 aliphatic heterocycles. The van der Waals surface area contributed by atoms with Crippen LogP contribution >= 0.6 is 0 Å². The van der Waals surface area contributed by atoms with Gasteiger partial charge in [-0.2, -0.15) is 0 Å². The maximum absolute atomic E-state index is 11.8. The molecule has 0 bridgehead atoms. The van der Waals surface area contributed by atoms with Crippen LogP contribution in [0, 0.1) is 0 Å². The molecule has 0 fully saturated rings. The molecule has 2 rings (SSSR count). The maximum atomic E-state index is 11.8. The van der Waals surface area contributed by atoms with Gasteiger partial charge in [0.15, 0.2) is 0 Å². The van der Waals surface area contributed by atoms with E-state index in [9.17, 15) is 13.2 Å². The number of anilines is 1. The first-order valence-electron chi connectivity index (χ1n) is 6.92. The number of nitrogens with one attached hydrogen (secondary N) is 3. The van der Waals surface area contributed by atoms with Crippen molar-refractivity contribution in [2.75, 3.05) is 12.4 Å². The van der Waals surface area contributed by atoms with E-state index in [4.69, 9.17) is 0 Å². The van der Waals surface area contributed by atoms with Crippen molar-refractivity contribution in [2.45, 2.75) is 12.3 Å². The first-order chi connectivity index (χ1) is 11.0. The second-order valence-corrected chi connectivity index (χ2v) is 6.75. The SMILES string of the molecule is CNS(=O)(=O)Cc1cccc(CNC(=O)Nc2ccncc2)c1. The van der Waals surface area contributed by atoms with Crippen LogP contribution < -0.4 is 15.4 Å². The van der Waals surface area contributed by atoms with Crippen molar-refractivity contribution in [3.63, 3.8) is 0 Å². The number of hydrogen-bond acceptors (Lipinski definition) is 4. The van der Waals surface area contributed by atoms with Crippen LogP contribution in [-0.2, 0) is 22.3 Å². The van der Waals surface area contributed by atoms with Crippen molar-refractivity contribution < 1.29 is 13.2 Å². The third-order valence-electron chi connectivity index (χ3n) is 3.05. The average molecular weight is 334 g/mol. The number of amides is 2. The molecule has 0 unspecified atom stereocenters. The van der Waals surface area contributed by atoms with Crippen LogP contribution in [0.4, 0.5) is 10.5 Å². The fourth-order valence-electron chi connectivity index (χ4n) is 1.91. The van der Waals surface area contributed by atoms with Gasteiger partial charge in [0, 0.05) is 24.6 Å². The fourth-order valence-corrected chi connectivity index (χ4v) is 2.68. The highest BCUT2D eigenvalue weighted by Gasteiger charge is 2.09. The molecule has 0 aliphatic carbocycles. The van der Waals surface area contributed by atoms with Crippen LogP contribution in [0.2, 0.25) is 0 Å². The molecule has 2 amide bonds. The maximum Gasteiger partial charge on any atom is 0.319 e. The Morgan fingerprint density at radius 1 is 1.13 bits per heavy atom. The summed E-state index contributed by atoms with van der Waals surface area (Å²) in [4.78, 5) is 15.7. The van der Waals surface area contributed by atoms with E-state index in [1.165, 1.54) is 7.05 Å². The average Bonchev–Trinajstić information content (AvgIpc) is 2.54. The lowest BCUT2D eigenvalue weighted by Gasteiger charge is -2.09. The van der Waals surface area contributed by atoms with Crippen molar-refractivity contribution in [3.05, 3.63) is 59.9 Å². The summed E-state index contributed by atoms with van der Waals surface area (Å²) in [5.41, 5.74) is 2.12. The standard InChI is InChI=1S/C15H18N4O3S/c1-16-23(21,22)11-13-4-2-3-12(9-13)10-18-15(20)19-14-5-7-17-8-6-14/h2-9,16H,10-11H2,1H3,(H2,17,18,19,20). The van der Waals surface area contributed by atoms with Crippen LogP contribution in [-0.4, -0.2) is 26.5 Å². The van der Waals surface area contributed by atoms with Crippen molar-refractivity contribution in [1.82, 2.24) is 15.0 Å². The topological polar surface area (TPSA) is 100 Å². The van der Waals surface area contributed by atoms with E-state index in [0.717, 1.165) is 5.56 Å². The lowest BCUT2D eigenvalue weighted by atomic mass is 10.1.